The van der Waals surface area contributed by atoms with Crippen LogP contribution < -0.4 is 52.7 Å². The monoisotopic (exact) mass is 1040 g/mol. The quantitative estimate of drug-likeness (QED) is 0.0240. The smallest absolute Gasteiger partial charge is 0.315 e. The molecule has 8 amide bonds. The first kappa shape index (κ1) is 56.5. The van der Waals surface area contributed by atoms with E-state index in [4.69, 9.17) is 4.74 Å². The summed E-state index contributed by atoms with van der Waals surface area (Å²) in [7, 11) is -4.46. The molecule has 2 heterocycles. The van der Waals surface area contributed by atoms with E-state index < -0.39 is 101 Å². The number of nitrogens with one attached hydrogen (secondary N) is 9. The summed E-state index contributed by atoms with van der Waals surface area (Å²) < 4.78 is 38.4. The molecule has 1 aromatic heterocycles. The molecule has 3 aromatic carbocycles. The van der Waals surface area contributed by atoms with Gasteiger partial charge in [0, 0.05) is 37.8 Å². The molecule has 0 radical (unpaired) electrons. The van der Waals surface area contributed by atoms with Crippen LogP contribution in [0.4, 0.5) is 10.6 Å². The predicted molar refractivity (Wildman–Crippen MR) is 268 cm³/mol. The van der Waals surface area contributed by atoms with Gasteiger partial charge in [-0.15, -0.1) is 0 Å². The summed E-state index contributed by atoms with van der Waals surface area (Å²) in [5, 5.41) is 34.3. The Labute approximate surface area is 426 Å². The predicted octanol–water partition coefficient (Wildman–Crippen LogP) is 0.995. The highest BCUT2D eigenvalue weighted by Crippen LogP contribution is 2.16. The van der Waals surface area contributed by atoms with Gasteiger partial charge in [-0.3, -0.25) is 43.5 Å². The van der Waals surface area contributed by atoms with Crippen molar-refractivity contribution in [1.82, 2.24) is 47.5 Å². The molecular formula is C49H59N11O13S. The van der Waals surface area contributed by atoms with Crippen LogP contribution in [-0.4, -0.2) is 127 Å². The molecule has 1 fully saturated rings. The van der Waals surface area contributed by atoms with E-state index in [1.165, 1.54) is 42.7 Å². The van der Waals surface area contributed by atoms with Crippen LogP contribution in [0.3, 0.4) is 0 Å². The van der Waals surface area contributed by atoms with Gasteiger partial charge in [0.1, 0.15) is 40.6 Å². The Morgan fingerprint density at radius 2 is 1.46 bits per heavy atom. The van der Waals surface area contributed by atoms with Crippen LogP contribution in [0.1, 0.15) is 66.6 Å². The van der Waals surface area contributed by atoms with E-state index in [-0.39, 0.29) is 67.3 Å². The summed E-state index contributed by atoms with van der Waals surface area (Å²) in [5.41, 5.74) is 4.44. The van der Waals surface area contributed by atoms with Gasteiger partial charge in [-0.25, -0.2) is 9.78 Å². The zero-order valence-corrected chi connectivity index (χ0v) is 41.3. The molecule has 1 unspecified atom stereocenters. The first-order chi connectivity index (χ1) is 35.4. The number of hydrogen-bond acceptors (Lipinski definition) is 14. The van der Waals surface area contributed by atoms with Crippen molar-refractivity contribution in [2.24, 2.45) is 11.0 Å². The average molecular weight is 1040 g/mol. The number of benzene rings is 3. The van der Waals surface area contributed by atoms with Gasteiger partial charge in [-0.05, 0) is 66.6 Å². The first-order valence-electron chi connectivity index (χ1n) is 23.4. The van der Waals surface area contributed by atoms with Gasteiger partial charge >= 0.3 is 12.0 Å². The summed E-state index contributed by atoms with van der Waals surface area (Å²) >= 11 is 0. The molecule has 394 valence electrons. The minimum Gasteiger partial charge on any atom is -0.494 e. The number of urea groups is 1. The number of aromatic nitrogens is 1. The molecule has 4 atom stereocenters. The standard InChI is InChI=1S/C49H59N11O13S/c1-30(2)43-48(68)57-36(13-8-21-51-49(69)54-26-32-10-4-3-5-11-32)45(65)53-29-41(61)56-38(25-42(62)63)46(66)58-37(47(67)59-43)24-31-15-18-35(19-16-31)73-23-9-22-50-44(64)34-17-20-40(52-27-34)60-55-28-33-12-6-7-14-39(33)74(70,71)72/h3-7,10-12,14-20,27-28,30,36-38,43H,8-9,13,21-26,29H2,1-2H3,(H,50,64)(H,52,60)(H,53,65)(H,56,61)(H,57,68)(H,58,66)(H,59,67)(H,62,63)(H2,51,54,69)(H,70,71,72)/b55-28+/t36-,37+,38-,43?/m0/s1. The number of aliphatic carboxylic acids is 1. The first-order valence-corrected chi connectivity index (χ1v) is 24.9. The molecule has 74 heavy (non-hydrogen) atoms. The third-order valence-corrected chi connectivity index (χ3v) is 12.0. The molecule has 0 bridgehead atoms. The van der Waals surface area contributed by atoms with Crippen LogP contribution in [0, 0.1) is 5.92 Å². The molecule has 0 spiro atoms. The van der Waals surface area contributed by atoms with E-state index in [9.17, 15) is 56.4 Å². The van der Waals surface area contributed by atoms with E-state index in [2.05, 4.69) is 58.0 Å². The van der Waals surface area contributed by atoms with Crippen molar-refractivity contribution in [1.29, 1.82) is 0 Å². The van der Waals surface area contributed by atoms with Gasteiger partial charge in [0.15, 0.2) is 0 Å². The molecule has 5 rings (SSSR count). The molecule has 4 aromatic rings. The number of ether oxygens (including phenoxy) is 1. The maximum atomic E-state index is 14.0. The molecule has 24 nitrogen and oxygen atoms in total. The second-order valence-electron chi connectivity index (χ2n) is 17.1. The van der Waals surface area contributed by atoms with Crippen molar-refractivity contribution in [3.05, 3.63) is 119 Å². The minimum atomic E-state index is -4.46. The number of hydrazone groups is 1. The lowest BCUT2D eigenvalue weighted by atomic mass is 9.99. The highest BCUT2D eigenvalue weighted by Gasteiger charge is 2.34. The van der Waals surface area contributed by atoms with Gasteiger partial charge < -0.3 is 52.4 Å². The lowest BCUT2D eigenvalue weighted by Crippen LogP contribution is -2.59. The van der Waals surface area contributed by atoms with Crippen LogP contribution >= 0.6 is 0 Å². The van der Waals surface area contributed by atoms with Gasteiger partial charge in [-0.1, -0.05) is 74.5 Å². The number of carbonyl (C=O) groups is 8. The molecule has 0 saturated carbocycles. The molecule has 0 aliphatic carbocycles. The number of carboxylic acids is 1. The van der Waals surface area contributed by atoms with Crippen LogP contribution in [0.15, 0.2) is 107 Å². The Morgan fingerprint density at radius 1 is 0.770 bits per heavy atom. The highest BCUT2D eigenvalue weighted by atomic mass is 32.2. The number of amides is 8. The largest absolute Gasteiger partial charge is 0.494 e. The summed E-state index contributed by atoms with van der Waals surface area (Å²) in [5.74, 6) is -5.91. The molecule has 11 N–H and O–H groups in total. The number of pyridine rings is 1. The Morgan fingerprint density at radius 3 is 2.15 bits per heavy atom. The normalized spacial score (nSPS) is 17.8. The van der Waals surface area contributed by atoms with Crippen LogP contribution in [-0.2, 0) is 51.9 Å². The van der Waals surface area contributed by atoms with Crippen molar-refractivity contribution in [2.75, 3.05) is 31.7 Å². The number of carboxylic acid groups (broad SMARTS) is 1. The van der Waals surface area contributed by atoms with Gasteiger partial charge in [0.2, 0.25) is 29.5 Å². The maximum absolute atomic E-state index is 14.0. The lowest BCUT2D eigenvalue weighted by molar-refractivity contribution is -0.141. The van der Waals surface area contributed by atoms with Crippen molar-refractivity contribution in [3.63, 3.8) is 0 Å². The molecule has 1 saturated heterocycles. The summed E-state index contributed by atoms with van der Waals surface area (Å²) in [6, 6.07) is 18.5. The highest BCUT2D eigenvalue weighted by molar-refractivity contribution is 7.86. The number of anilines is 1. The average Bonchev–Trinajstić information content (AvgIpc) is 3.37. The second kappa shape index (κ2) is 28.0. The number of nitrogens with zero attached hydrogens (tertiary/aromatic N) is 2. The van der Waals surface area contributed by atoms with E-state index >= 15 is 0 Å². The molecule has 1 aliphatic rings. The van der Waals surface area contributed by atoms with Crippen molar-refractivity contribution < 1.29 is 61.2 Å². The SMILES string of the molecule is CC(C)C1NC(=O)[C@@H](Cc2ccc(OCCCNC(=O)c3ccc(N/N=C/c4ccccc4S(=O)(=O)O)nc3)cc2)NC(=O)[C@H](CC(=O)O)NC(=O)CNC(=O)[C@H](CCCNC(=O)NCc2ccccc2)NC1=O. The Balaban J connectivity index is 1.15. The van der Waals surface area contributed by atoms with E-state index in [0.29, 0.717) is 17.7 Å². The van der Waals surface area contributed by atoms with Crippen LogP contribution in [0.5, 0.6) is 5.75 Å². The fourth-order valence-corrected chi connectivity index (χ4v) is 7.85. The summed E-state index contributed by atoms with van der Waals surface area (Å²) in [6.45, 7) is 3.48. The van der Waals surface area contributed by atoms with E-state index in [0.717, 1.165) is 5.56 Å². The summed E-state index contributed by atoms with van der Waals surface area (Å²) in [6.07, 6.45) is 2.14. The molecular weight excluding hydrogens is 983 g/mol. The van der Waals surface area contributed by atoms with E-state index in [1.807, 2.05) is 30.3 Å². The third-order valence-electron chi connectivity index (χ3n) is 11.1. The van der Waals surface area contributed by atoms with Crippen molar-refractivity contribution in [2.45, 2.75) is 81.6 Å². The number of carbonyl (C=O) groups excluding carboxylic acids is 7. The van der Waals surface area contributed by atoms with Gasteiger partial charge in [-0.2, -0.15) is 13.5 Å². The molecule has 1 aliphatic heterocycles. The van der Waals surface area contributed by atoms with Crippen molar-refractivity contribution in [3.8, 4) is 5.75 Å². The van der Waals surface area contributed by atoms with E-state index in [1.54, 1.807) is 44.2 Å². The van der Waals surface area contributed by atoms with Crippen LogP contribution in [0.2, 0.25) is 0 Å². The zero-order valence-electron chi connectivity index (χ0n) is 40.5. The lowest BCUT2D eigenvalue weighted by Gasteiger charge is -2.27. The van der Waals surface area contributed by atoms with Crippen LogP contribution in [0.25, 0.3) is 0 Å². The fourth-order valence-electron chi connectivity index (χ4n) is 7.18. The minimum absolute atomic E-state index is 0.00783. The Bertz CT molecular complexity index is 2750. The fraction of sp³-hybridized carbons (Fsp3) is 0.347. The van der Waals surface area contributed by atoms with Gasteiger partial charge in [0.05, 0.1) is 31.4 Å². The third kappa shape index (κ3) is 18.6. The number of rotatable bonds is 21. The maximum Gasteiger partial charge on any atom is 0.315 e. The topological polar surface area (TPSA) is 354 Å². The Hall–Kier alpha value is -8.45. The molecule has 25 heteroatoms. The summed E-state index contributed by atoms with van der Waals surface area (Å²) in [4.78, 5) is 109. The van der Waals surface area contributed by atoms with Crippen molar-refractivity contribution >= 4 is 69.6 Å². The Kier molecular flexibility index (Phi) is 21.3. The zero-order chi connectivity index (χ0) is 53.6. The van der Waals surface area contributed by atoms with Gasteiger partial charge in [0.25, 0.3) is 16.0 Å². The number of hydrogen-bond donors (Lipinski definition) is 11. The second-order valence-corrected chi connectivity index (χ2v) is 18.5.